The summed E-state index contributed by atoms with van der Waals surface area (Å²) in [5, 5.41) is 0.299. The predicted octanol–water partition coefficient (Wildman–Crippen LogP) is 1.74. The van der Waals surface area contributed by atoms with E-state index in [0.717, 1.165) is 26.1 Å². The van der Waals surface area contributed by atoms with Crippen molar-refractivity contribution in [1.82, 2.24) is 9.80 Å². The van der Waals surface area contributed by atoms with Crippen molar-refractivity contribution in [3.8, 4) is 0 Å². The maximum Gasteiger partial charge on any atom is 0.223 e. The van der Waals surface area contributed by atoms with Crippen molar-refractivity contribution in [1.29, 1.82) is 0 Å². The third kappa shape index (κ3) is 4.80. The number of amides is 1. The quantitative estimate of drug-likeness (QED) is 0.771. The highest BCUT2D eigenvalue weighted by Crippen LogP contribution is 2.24. The molecule has 0 aliphatic carbocycles. The monoisotopic (exact) mass is 284 g/mol. The minimum absolute atomic E-state index is 0.118. The van der Waals surface area contributed by atoms with Gasteiger partial charge in [0, 0.05) is 31.7 Å². The highest BCUT2D eigenvalue weighted by Gasteiger charge is 2.30. The van der Waals surface area contributed by atoms with Gasteiger partial charge in [-0.25, -0.2) is 0 Å². The van der Waals surface area contributed by atoms with Crippen LogP contribution in [-0.2, 0) is 9.59 Å². The van der Waals surface area contributed by atoms with E-state index in [9.17, 15) is 9.59 Å². The Bertz CT molecular complexity index is 329. The van der Waals surface area contributed by atoms with Gasteiger partial charge in [-0.1, -0.05) is 18.2 Å². The summed E-state index contributed by atoms with van der Waals surface area (Å²) in [6.45, 7) is 6.73. The van der Waals surface area contributed by atoms with Crippen LogP contribution in [0.5, 0.6) is 0 Å². The predicted molar refractivity (Wildman–Crippen MR) is 78.2 cm³/mol. The summed E-state index contributed by atoms with van der Waals surface area (Å²) in [7, 11) is 0. The highest BCUT2D eigenvalue weighted by molar-refractivity contribution is 8.14. The second-order valence-corrected chi connectivity index (χ2v) is 7.01. The summed E-state index contributed by atoms with van der Waals surface area (Å²) < 4.78 is 0. The zero-order valence-corrected chi connectivity index (χ0v) is 12.6. The summed E-state index contributed by atoms with van der Waals surface area (Å²) in [6, 6.07) is 0. The fraction of sp³-hybridized carbons (Fsp3) is 0.857. The first-order chi connectivity index (χ1) is 9.15. The Hall–Kier alpha value is -0.550. The fourth-order valence-electron chi connectivity index (χ4n) is 2.93. The second kappa shape index (κ2) is 7.29. The first-order valence-corrected chi connectivity index (χ1v) is 8.20. The molecule has 2 heterocycles. The van der Waals surface area contributed by atoms with Crippen LogP contribution in [0.2, 0.25) is 0 Å². The number of likely N-dealkylation sites (tertiary alicyclic amines) is 2. The van der Waals surface area contributed by atoms with Crippen LogP contribution in [-0.4, -0.2) is 58.8 Å². The Balaban J connectivity index is 1.65. The number of nitrogens with zero attached hydrogens (tertiary/aromatic N) is 2. The number of carbonyl (C=O) groups is 2. The number of hydrogen-bond acceptors (Lipinski definition) is 4. The molecule has 0 radical (unpaired) electrons. The molecule has 0 aromatic rings. The van der Waals surface area contributed by atoms with Crippen molar-refractivity contribution < 1.29 is 9.59 Å². The van der Waals surface area contributed by atoms with E-state index < -0.39 is 0 Å². The van der Waals surface area contributed by atoms with Gasteiger partial charge in [0.1, 0.15) is 0 Å². The lowest BCUT2D eigenvalue weighted by Crippen LogP contribution is -2.34. The van der Waals surface area contributed by atoms with Crippen molar-refractivity contribution in [3.05, 3.63) is 0 Å². The van der Waals surface area contributed by atoms with E-state index in [0.29, 0.717) is 6.42 Å². The Morgan fingerprint density at radius 3 is 2.68 bits per heavy atom. The molecule has 2 fully saturated rings. The zero-order valence-electron chi connectivity index (χ0n) is 11.8. The molecular weight excluding hydrogens is 260 g/mol. The molecule has 0 aromatic heterocycles. The van der Waals surface area contributed by atoms with Crippen molar-refractivity contribution in [2.75, 3.05) is 32.7 Å². The normalized spacial score (nSPS) is 25.0. The van der Waals surface area contributed by atoms with Crippen LogP contribution in [0, 0.1) is 0 Å². The van der Waals surface area contributed by atoms with Gasteiger partial charge in [0.2, 0.25) is 5.91 Å². The Morgan fingerprint density at radius 2 is 2.00 bits per heavy atom. The molecule has 1 atom stereocenters. The largest absolute Gasteiger partial charge is 0.341 e. The summed E-state index contributed by atoms with van der Waals surface area (Å²) in [6.07, 6.45) is 5.60. The molecule has 0 N–H and O–H groups in total. The van der Waals surface area contributed by atoms with E-state index >= 15 is 0 Å². The molecule has 108 valence electrons. The van der Waals surface area contributed by atoms with Crippen molar-refractivity contribution in [2.45, 2.75) is 44.3 Å². The van der Waals surface area contributed by atoms with E-state index in [2.05, 4.69) is 4.90 Å². The average Bonchev–Trinajstić information content (AvgIpc) is 2.70. The molecule has 4 nitrogen and oxygen atoms in total. The standard InChI is InChI=1S/C14H24N2O2S/c1-12(17)19-13-10-14(18)16(11-13)9-5-8-15-6-3-2-4-7-15/h13H,2-11H2,1H3. The Morgan fingerprint density at radius 1 is 1.26 bits per heavy atom. The van der Waals surface area contributed by atoms with E-state index in [1.54, 1.807) is 6.92 Å². The van der Waals surface area contributed by atoms with E-state index in [-0.39, 0.29) is 16.3 Å². The van der Waals surface area contributed by atoms with Gasteiger partial charge in [-0.15, -0.1) is 0 Å². The lowest BCUT2D eigenvalue weighted by molar-refractivity contribution is -0.127. The SMILES string of the molecule is CC(=O)SC1CC(=O)N(CCCN2CCCCC2)C1. The van der Waals surface area contributed by atoms with Gasteiger partial charge in [-0.05, 0) is 38.9 Å². The third-order valence-electron chi connectivity index (χ3n) is 3.86. The summed E-state index contributed by atoms with van der Waals surface area (Å²) >= 11 is 1.32. The van der Waals surface area contributed by atoms with Crippen molar-refractivity contribution >= 4 is 22.8 Å². The molecule has 1 amide bonds. The Kier molecular flexibility index (Phi) is 5.70. The highest BCUT2D eigenvalue weighted by atomic mass is 32.2. The number of rotatable bonds is 5. The van der Waals surface area contributed by atoms with Crippen LogP contribution in [0.1, 0.15) is 39.0 Å². The van der Waals surface area contributed by atoms with Gasteiger partial charge < -0.3 is 9.80 Å². The van der Waals surface area contributed by atoms with Crippen LogP contribution < -0.4 is 0 Å². The Labute approximate surface area is 119 Å². The van der Waals surface area contributed by atoms with Gasteiger partial charge in [0.05, 0.1) is 0 Å². The number of piperidine rings is 1. The molecule has 1 unspecified atom stereocenters. The smallest absolute Gasteiger partial charge is 0.223 e. The van der Waals surface area contributed by atoms with E-state index in [1.807, 2.05) is 4.90 Å². The molecule has 0 bridgehead atoms. The van der Waals surface area contributed by atoms with Gasteiger partial charge in [0.25, 0.3) is 0 Å². The number of thioether (sulfide) groups is 1. The topological polar surface area (TPSA) is 40.6 Å². The van der Waals surface area contributed by atoms with Crippen LogP contribution in [0.25, 0.3) is 0 Å². The van der Waals surface area contributed by atoms with Crippen LogP contribution >= 0.6 is 11.8 Å². The average molecular weight is 284 g/mol. The number of carbonyl (C=O) groups excluding carboxylic acids is 2. The van der Waals surface area contributed by atoms with E-state index in [4.69, 9.17) is 0 Å². The van der Waals surface area contributed by atoms with Crippen LogP contribution in [0.15, 0.2) is 0 Å². The first kappa shape index (κ1) is 14.9. The second-order valence-electron chi connectivity index (χ2n) is 5.53. The van der Waals surface area contributed by atoms with Crippen LogP contribution in [0.4, 0.5) is 0 Å². The molecule has 0 saturated carbocycles. The first-order valence-electron chi connectivity index (χ1n) is 7.32. The summed E-state index contributed by atoms with van der Waals surface area (Å²) in [4.78, 5) is 27.3. The number of hydrogen-bond donors (Lipinski definition) is 0. The lowest BCUT2D eigenvalue weighted by Gasteiger charge is -2.27. The zero-order chi connectivity index (χ0) is 13.7. The molecule has 2 aliphatic heterocycles. The maximum absolute atomic E-state index is 11.8. The fourth-order valence-corrected chi connectivity index (χ4v) is 3.88. The van der Waals surface area contributed by atoms with E-state index in [1.165, 1.54) is 44.1 Å². The third-order valence-corrected chi connectivity index (χ3v) is 4.84. The molecule has 0 spiro atoms. The summed E-state index contributed by atoms with van der Waals surface area (Å²) in [5.41, 5.74) is 0. The minimum atomic E-state index is 0.118. The maximum atomic E-state index is 11.8. The summed E-state index contributed by atoms with van der Waals surface area (Å²) in [5.74, 6) is 0.220. The van der Waals surface area contributed by atoms with Crippen molar-refractivity contribution in [2.24, 2.45) is 0 Å². The van der Waals surface area contributed by atoms with Crippen LogP contribution in [0.3, 0.4) is 0 Å². The molecular formula is C14H24N2O2S. The molecule has 0 aromatic carbocycles. The molecule has 5 heteroatoms. The molecule has 2 aliphatic rings. The van der Waals surface area contributed by atoms with Gasteiger partial charge in [-0.3, -0.25) is 9.59 Å². The van der Waals surface area contributed by atoms with Gasteiger partial charge in [0.15, 0.2) is 5.12 Å². The molecule has 2 saturated heterocycles. The minimum Gasteiger partial charge on any atom is -0.341 e. The van der Waals surface area contributed by atoms with Crippen molar-refractivity contribution in [3.63, 3.8) is 0 Å². The van der Waals surface area contributed by atoms with Gasteiger partial charge in [-0.2, -0.15) is 0 Å². The molecule has 2 rings (SSSR count). The molecule has 19 heavy (non-hydrogen) atoms. The lowest BCUT2D eigenvalue weighted by atomic mass is 10.1. The van der Waals surface area contributed by atoms with Gasteiger partial charge >= 0.3 is 0 Å².